The Morgan fingerprint density at radius 2 is 1.17 bits per heavy atom. The summed E-state index contributed by atoms with van der Waals surface area (Å²) in [5, 5.41) is 17.6. The van der Waals surface area contributed by atoms with Crippen LogP contribution in [0.4, 0.5) is 0 Å². The molecule has 4 nitrogen and oxygen atoms in total. The number of esters is 1. The molecule has 0 rings (SSSR count). The van der Waals surface area contributed by atoms with Crippen molar-refractivity contribution >= 4 is 5.97 Å². The third-order valence-electron chi connectivity index (χ3n) is 4.19. The fraction of sp³-hybridized carbons (Fsp3) is 0.947. The molecule has 0 radical (unpaired) electrons. The Morgan fingerprint density at radius 1 is 0.783 bits per heavy atom. The highest BCUT2D eigenvalue weighted by atomic mass is 16.5. The minimum atomic E-state index is -1.39. The molecular formula is C19H38O4. The lowest BCUT2D eigenvalue weighted by Gasteiger charge is -2.07. The van der Waals surface area contributed by atoms with E-state index in [4.69, 9.17) is 14.9 Å². The topological polar surface area (TPSA) is 66.8 Å². The fourth-order valence-corrected chi connectivity index (χ4v) is 2.64. The number of carbonyl (C=O) groups is 1. The van der Waals surface area contributed by atoms with Crippen molar-refractivity contribution in [1.29, 1.82) is 0 Å². The van der Waals surface area contributed by atoms with Crippen molar-refractivity contribution < 1.29 is 19.7 Å². The van der Waals surface area contributed by atoms with E-state index in [-0.39, 0.29) is 0 Å². The molecule has 0 aliphatic rings. The number of aliphatic hydroxyl groups is 2. The Kier molecular flexibility index (Phi) is 17.3. The van der Waals surface area contributed by atoms with E-state index < -0.39 is 18.7 Å². The Labute approximate surface area is 142 Å². The number of carbonyl (C=O) groups excluding carboxylic acids is 1. The van der Waals surface area contributed by atoms with Crippen LogP contribution in [0.5, 0.6) is 0 Å². The van der Waals surface area contributed by atoms with Crippen LogP contribution in [0.3, 0.4) is 0 Å². The van der Waals surface area contributed by atoms with Gasteiger partial charge in [-0.2, -0.15) is 0 Å². The largest absolute Gasteiger partial charge is 0.464 e. The molecule has 1 atom stereocenters. The quantitative estimate of drug-likeness (QED) is 0.307. The van der Waals surface area contributed by atoms with E-state index in [1.807, 2.05) is 0 Å². The molecule has 2 N–H and O–H groups in total. The maximum absolute atomic E-state index is 11.1. The smallest absolute Gasteiger partial charge is 0.337 e. The maximum atomic E-state index is 11.1. The highest BCUT2D eigenvalue weighted by molar-refractivity contribution is 5.74. The summed E-state index contributed by atoms with van der Waals surface area (Å²) < 4.78 is 4.85. The number of unbranched alkanes of at least 4 members (excludes halogenated alkanes) is 13. The van der Waals surface area contributed by atoms with Crippen molar-refractivity contribution in [1.82, 2.24) is 0 Å². The van der Waals surface area contributed by atoms with Crippen LogP contribution in [0.25, 0.3) is 0 Å². The lowest BCUT2D eigenvalue weighted by molar-refractivity contribution is -0.155. The Bertz CT molecular complexity index is 256. The molecule has 0 aliphatic heterocycles. The molecule has 1 unspecified atom stereocenters. The van der Waals surface area contributed by atoms with Crippen molar-refractivity contribution in [2.24, 2.45) is 0 Å². The van der Waals surface area contributed by atoms with Crippen molar-refractivity contribution in [3.63, 3.8) is 0 Å². The van der Waals surface area contributed by atoms with Crippen molar-refractivity contribution in [2.45, 2.75) is 103 Å². The number of hydrogen-bond acceptors (Lipinski definition) is 4. The third-order valence-corrected chi connectivity index (χ3v) is 4.19. The Hall–Kier alpha value is -0.610. The molecule has 0 aromatic heterocycles. The van der Waals surface area contributed by atoms with Crippen LogP contribution in [-0.2, 0) is 9.53 Å². The van der Waals surface area contributed by atoms with E-state index in [9.17, 15) is 4.79 Å². The van der Waals surface area contributed by atoms with E-state index in [2.05, 4.69) is 6.92 Å². The average Bonchev–Trinajstić information content (AvgIpc) is 2.57. The molecular weight excluding hydrogens is 292 g/mol. The second-order valence-electron chi connectivity index (χ2n) is 6.46. The summed E-state index contributed by atoms with van der Waals surface area (Å²) in [6, 6.07) is 0. The van der Waals surface area contributed by atoms with Gasteiger partial charge in [0.25, 0.3) is 0 Å². The van der Waals surface area contributed by atoms with Crippen molar-refractivity contribution in [2.75, 3.05) is 13.2 Å². The van der Waals surface area contributed by atoms with Crippen molar-refractivity contribution in [3.8, 4) is 0 Å². The molecule has 0 aliphatic carbocycles. The molecule has 0 aromatic carbocycles. The van der Waals surface area contributed by atoms with Crippen LogP contribution in [0.15, 0.2) is 0 Å². The molecule has 0 heterocycles. The van der Waals surface area contributed by atoms with E-state index in [0.717, 1.165) is 12.8 Å². The van der Waals surface area contributed by atoms with Crippen LogP contribution in [-0.4, -0.2) is 35.5 Å². The maximum Gasteiger partial charge on any atom is 0.337 e. The zero-order valence-electron chi connectivity index (χ0n) is 15.1. The van der Waals surface area contributed by atoms with Gasteiger partial charge in [-0.25, -0.2) is 4.79 Å². The van der Waals surface area contributed by atoms with Crippen molar-refractivity contribution in [3.05, 3.63) is 0 Å². The minimum absolute atomic E-state index is 0.341. The van der Waals surface area contributed by atoms with Gasteiger partial charge < -0.3 is 14.9 Å². The first-order valence-corrected chi connectivity index (χ1v) is 9.68. The summed E-state index contributed by atoms with van der Waals surface area (Å²) in [5.41, 5.74) is 0. The molecule has 0 spiro atoms. The molecule has 0 aromatic rings. The summed E-state index contributed by atoms with van der Waals surface area (Å²) in [4.78, 5) is 11.1. The standard InChI is InChI=1S/C19H38O4/c1-2-3-4-5-6-7-8-9-10-11-12-13-14-15-16-23-19(22)18(21)17-20/h18,20-21H,2-17H2,1H3. The molecule has 0 saturated heterocycles. The number of aliphatic hydroxyl groups excluding tert-OH is 2. The van der Waals surface area contributed by atoms with Gasteiger partial charge in [-0.3, -0.25) is 0 Å². The van der Waals surface area contributed by atoms with Gasteiger partial charge in [-0.15, -0.1) is 0 Å². The monoisotopic (exact) mass is 330 g/mol. The first-order chi connectivity index (χ1) is 11.2. The lowest BCUT2D eigenvalue weighted by Crippen LogP contribution is -2.26. The number of ether oxygens (including phenoxy) is 1. The average molecular weight is 331 g/mol. The van der Waals surface area contributed by atoms with Gasteiger partial charge in [0.05, 0.1) is 13.2 Å². The van der Waals surface area contributed by atoms with Gasteiger partial charge in [-0.1, -0.05) is 90.4 Å². The van der Waals surface area contributed by atoms with Crippen LogP contribution in [0.1, 0.15) is 96.8 Å². The van der Waals surface area contributed by atoms with E-state index in [1.165, 1.54) is 77.0 Å². The SMILES string of the molecule is CCCCCCCCCCCCCCCCOC(=O)C(O)CO. The van der Waals surface area contributed by atoms with Crippen LogP contribution in [0.2, 0.25) is 0 Å². The zero-order valence-corrected chi connectivity index (χ0v) is 15.1. The predicted octanol–water partition coefficient (Wildman–Crippen LogP) is 4.36. The summed E-state index contributed by atoms with van der Waals surface area (Å²) in [6.45, 7) is 2.03. The Morgan fingerprint density at radius 3 is 1.57 bits per heavy atom. The zero-order chi connectivity index (χ0) is 17.2. The first kappa shape index (κ1) is 22.4. The number of hydrogen-bond donors (Lipinski definition) is 2. The van der Waals surface area contributed by atoms with Gasteiger partial charge in [0.15, 0.2) is 6.10 Å². The fourth-order valence-electron chi connectivity index (χ4n) is 2.64. The minimum Gasteiger partial charge on any atom is -0.464 e. The Balaban J connectivity index is 3.09. The molecule has 0 amide bonds. The molecule has 23 heavy (non-hydrogen) atoms. The van der Waals surface area contributed by atoms with E-state index in [1.54, 1.807) is 0 Å². The molecule has 138 valence electrons. The highest BCUT2D eigenvalue weighted by Crippen LogP contribution is 2.12. The summed E-state index contributed by atoms with van der Waals surface area (Å²) in [5.74, 6) is -0.720. The van der Waals surface area contributed by atoms with Gasteiger partial charge in [0.1, 0.15) is 0 Å². The van der Waals surface area contributed by atoms with Gasteiger partial charge in [0.2, 0.25) is 0 Å². The van der Waals surface area contributed by atoms with Crippen LogP contribution < -0.4 is 0 Å². The molecule has 0 saturated carbocycles. The highest BCUT2D eigenvalue weighted by Gasteiger charge is 2.14. The summed E-state index contributed by atoms with van der Waals surface area (Å²) in [6.07, 6.45) is 16.7. The van der Waals surface area contributed by atoms with Gasteiger partial charge in [-0.05, 0) is 6.42 Å². The lowest BCUT2D eigenvalue weighted by atomic mass is 10.0. The second kappa shape index (κ2) is 17.7. The number of rotatable bonds is 17. The second-order valence-corrected chi connectivity index (χ2v) is 6.46. The third kappa shape index (κ3) is 16.0. The first-order valence-electron chi connectivity index (χ1n) is 9.68. The molecule has 4 heteroatoms. The van der Waals surface area contributed by atoms with Crippen LogP contribution >= 0.6 is 0 Å². The molecule has 0 bridgehead atoms. The molecule has 0 fully saturated rings. The summed E-state index contributed by atoms with van der Waals surface area (Å²) >= 11 is 0. The predicted molar refractivity (Wildman–Crippen MR) is 94.4 cm³/mol. The van der Waals surface area contributed by atoms with E-state index >= 15 is 0 Å². The van der Waals surface area contributed by atoms with Crippen LogP contribution in [0, 0.1) is 0 Å². The summed E-state index contributed by atoms with van der Waals surface area (Å²) in [7, 11) is 0. The van der Waals surface area contributed by atoms with E-state index in [0.29, 0.717) is 6.61 Å². The van der Waals surface area contributed by atoms with Gasteiger partial charge >= 0.3 is 5.97 Å². The van der Waals surface area contributed by atoms with Gasteiger partial charge in [0, 0.05) is 0 Å². The normalized spacial score (nSPS) is 12.3.